The Morgan fingerprint density at radius 3 is 2.67 bits per heavy atom. The summed E-state index contributed by atoms with van der Waals surface area (Å²) in [7, 11) is 0. The molecule has 3 atom stereocenters. The topological polar surface area (TPSA) is 99.0 Å². The minimum absolute atomic E-state index is 0.236. The monoisotopic (exact) mass is 327 g/mol. The average Bonchev–Trinajstić information content (AvgIpc) is 2.93. The van der Waals surface area contributed by atoms with Gasteiger partial charge in [-0.15, -0.1) is 0 Å². The minimum atomic E-state index is -0.365. The van der Waals surface area contributed by atoms with Crippen LogP contribution in [0.25, 0.3) is 5.69 Å². The van der Waals surface area contributed by atoms with Gasteiger partial charge in [0.15, 0.2) is 0 Å². The first-order chi connectivity index (χ1) is 11.5. The van der Waals surface area contributed by atoms with E-state index in [1.807, 2.05) is 12.1 Å². The first-order valence-electron chi connectivity index (χ1n) is 8.47. The van der Waals surface area contributed by atoms with Crippen LogP contribution in [0.3, 0.4) is 0 Å². The molecule has 0 spiro atoms. The second kappa shape index (κ2) is 7.15. The number of nitrogens with one attached hydrogen (secondary N) is 1. The summed E-state index contributed by atoms with van der Waals surface area (Å²) in [6.45, 7) is 2.20. The van der Waals surface area contributed by atoms with Gasteiger partial charge < -0.3 is 16.8 Å². The van der Waals surface area contributed by atoms with E-state index in [2.05, 4.69) is 29.4 Å². The maximum atomic E-state index is 11.9. The van der Waals surface area contributed by atoms with E-state index in [-0.39, 0.29) is 11.5 Å². The Morgan fingerprint density at radius 1 is 1.29 bits per heavy atom. The zero-order valence-electron chi connectivity index (χ0n) is 14.0. The van der Waals surface area contributed by atoms with Crippen molar-refractivity contribution in [2.24, 2.45) is 5.73 Å². The van der Waals surface area contributed by atoms with Gasteiger partial charge in [0, 0.05) is 24.3 Å². The predicted octanol–water partition coefficient (Wildman–Crippen LogP) is 1.22. The molecule has 128 valence electrons. The molecule has 1 aromatic heterocycles. The molecule has 1 aliphatic carbocycles. The molecule has 0 bridgehead atoms. The van der Waals surface area contributed by atoms with E-state index in [0.29, 0.717) is 18.1 Å². The summed E-state index contributed by atoms with van der Waals surface area (Å²) in [5.74, 6) is 0.236. The van der Waals surface area contributed by atoms with E-state index in [1.54, 1.807) is 12.3 Å². The van der Waals surface area contributed by atoms with Crippen LogP contribution in [0.15, 0.2) is 41.3 Å². The lowest BCUT2D eigenvalue weighted by atomic mass is 10.1. The summed E-state index contributed by atoms with van der Waals surface area (Å²) in [5.41, 5.74) is 13.1. The first-order valence-corrected chi connectivity index (χ1v) is 8.47. The molecular weight excluding hydrogens is 302 g/mol. The Hall–Kier alpha value is -2.18. The quantitative estimate of drug-likeness (QED) is 0.767. The molecule has 0 saturated heterocycles. The number of hydrogen-bond donors (Lipinski definition) is 3. The van der Waals surface area contributed by atoms with Gasteiger partial charge in [0.25, 0.3) is 0 Å². The van der Waals surface area contributed by atoms with E-state index in [4.69, 9.17) is 11.5 Å². The van der Waals surface area contributed by atoms with Crippen LogP contribution >= 0.6 is 0 Å². The van der Waals surface area contributed by atoms with Gasteiger partial charge in [-0.3, -0.25) is 4.57 Å². The SMILES string of the molecule is CC(Cc1ccc(-n2ccc(N)nc2=O)cc1)N[C@H]1CC[C@H](N)C1. The molecular formula is C18H25N5O. The Bertz CT molecular complexity index is 740. The van der Waals surface area contributed by atoms with E-state index >= 15 is 0 Å². The van der Waals surface area contributed by atoms with E-state index < -0.39 is 0 Å². The second-order valence-corrected chi connectivity index (χ2v) is 6.71. The molecule has 1 heterocycles. The molecule has 6 nitrogen and oxygen atoms in total. The molecule has 1 aliphatic rings. The third-order valence-corrected chi connectivity index (χ3v) is 4.57. The zero-order chi connectivity index (χ0) is 17.1. The fourth-order valence-electron chi connectivity index (χ4n) is 3.39. The van der Waals surface area contributed by atoms with Gasteiger partial charge in [-0.2, -0.15) is 4.98 Å². The molecule has 1 unspecified atom stereocenters. The molecule has 0 radical (unpaired) electrons. The summed E-state index contributed by atoms with van der Waals surface area (Å²) in [6.07, 6.45) is 5.94. The molecule has 5 N–H and O–H groups in total. The molecule has 1 saturated carbocycles. The third-order valence-electron chi connectivity index (χ3n) is 4.57. The molecule has 1 aromatic carbocycles. The normalized spacial score (nSPS) is 21.8. The van der Waals surface area contributed by atoms with Gasteiger partial charge >= 0.3 is 5.69 Å². The van der Waals surface area contributed by atoms with Gasteiger partial charge in [0.1, 0.15) is 5.82 Å². The Balaban J connectivity index is 1.63. The molecule has 3 rings (SSSR count). The largest absolute Gasteiger partial charge is 0.383 e. The van der Waals surface area contributed by atoms with Gasteiger partial charge in [0.2, 0.25) is 0 Å². The summed E-state index contributed by atoms with van der Waals surface area (Å²) < 4.78 is 1.49. The van der Waals surface area contributed by atoms with Gasteiger partial charge in [-0.25, -0.2) is 4.79 Å². The van der Waals surface area contributed by atoms with Crippen LogP contribution < -0.4 is 22.5 Å². The maximum Gasteiger partial charge on any atom is 0.354 e. The fourth-order valence-corrected chi connectivity index (χ4v) is 3.39. The predicted molar refractivity (Wildman–Crippen MR) is 96.2 cm³/mol. The van der Waals surface area contributed by atoms with E-state index in [9.17, 15) is 4.79 Å². The van der Waals surface area contributed by atoms with Crippen molar-refractivity contribution in [3.8, 4) is 5.69 Å². The molecule has 0 amide bonds. The van der Waals surface area contributed by atoms with E-state index in [0.717, 1.165) is 31.4 Å². The highest BCUT2D eigenvalue weighted by molar-refractivity contribution is 5.36. The zero-order valence-corrected chi connectivity index (χ0v) is 14.0. The Labute approximate surface area is 141 Å². The molecule has 0 aliphatic heterocycles. The summed E-state index contributed by atoms with van der Waals surface area (Å²) in [6, 6.07) is 10.9. The lowest BCUT2D eigenvalue weighted by Gasteiger charge is -2.19. The molecule has 2 aromatic rings. The van der Waals surface area contributed by atoms with Gasteiger partial charge in [-0.1, -0.05) is 12.1 Å². The lowest BCUT2D eigenvalue weighted by Crippen LogP contribution is -2.37. The molecule has 24 heavy (non-hydrogen) atoms. The summed E-state index contributed by atoms with van der Waals surface area (Å²) >= 11 is 0. The number of nitrogen functional groups attached to an aromatic ring is 1. The smallest absolute Gasteiger partial charge is 0.354 e. The number of anilines is 1. The average molecular weight is 327 g/mol. The van der Waals surface area contributed by atoms with Crippen LogP contribution in [-0.2, 0) is 6.42 Å². The Morgan fingerprint density at radius 2 is 2.04 bits per heavy atom. The third kappa shape index (κ3) is 4.01. The summed E-state index contributed by atoms with van der Waals surface area (Å²) in [4.78, 5) is 15.6. The standard InChI is InChI=1S/C18H25N5O/c1-12(21-15-5-4-14(19)11-15)10-13-2-6-16(7-3-13)23-9-8-17(20)22-18(23)24/h2-3,6-9,12,14-15,21H,4-5,10-11,19H2,1H3,(H2,20,22,24)/t12?,14-,15-/m0/s1. The highest BCUT2D eigenvalue weighted by atomic mass is 16.1. The van der Waals surface area contributed by atoms with Crippen molar-refractivity contribution in [3.05, 3.63) is 52.6 Å². The van der Waals surface area contributed by atoms with Crippen LogP contribution in [0.1, 0.15) is 31.7 Å². The van der Waals surface area contributed by atoms with Crippen molar-refractivity contribution < 1.29 is 0 Å². The number of nitrogens with zero attached hydrogens (tertiary/aromatic N) is 2. The van der Waals surface area contributed by atoms with Gasteiger partial charge in [-0.05, 0) is 56.4 Å². The molecule has 6 heteroatoms. The van der Waals surface area contributed by atoms with Crippen LogP contribution in [0.5, 0.6) is 0 Å². The first kappa shape index (κ1) is 16.7. The molecule has 1 fully saturated rings. The highest BCUT2D eigenvalue weighted by Gasteiger charge is 2.22. The minimum Gasteiger partial charge on any atom is -0.383 e. The van der Waals surface area contributed by atoms with Crippen molar-refractivity contribution in [3.63, 3.8) is 0 Å². The van der Waals surface area contributed by atoms with Crippen molar-refractivity contribution >= 4 is 5.82 Å². The summed E-state index contributed by atoms with van der Waals surface area (Å²) in [5, 5.41) is 3.66. The van der Waals surface area contributed by atoms with Gasteiger partial charge in [0.05, 0.1) is 5.69 Å². The van der Waals surface area contributed by atoms with Crippen molar-refractivity contribution in [1.29, 1.82) is 0 Å². The van der Waals surface area contributed by atoms with Crippen molar-refractivity contribution in [2.75, 3.05) is 5.73 Å². The number of benzene rings is 1. The van der Waals surface area contributed by atoms with Crippen molar-refractivity contribution in [1.82, 2.24) is 14.9 Å². The van der Waals surface area contributed by atoms with Crippen LogP contribution in [-0.4, -0.2) is 27.7 Å². The maximum absolute atomic E-state index is 11.9. The van der Waals surface area contributed by atoms with Crippen LogP contribution in [0.4, 0.5) is 5.82 Å². The van der Waals surface area contributed by atoms with Crippen LogP contribution in [0.2, 0.25) is 0 Å². The fraction of sp³-hybridized carbons (Fsp3) is 0.444. The van der Waals surface area contributed by atoms with Crippen LogP contribution in [0, 0.1) is 0 Å². The second-order valence-electron chi connectivity index (χ2n) is 6.71. The number of hydrogen-bond acceptors (Lipinski definition) is 5. The van der Waals surface area contributed by atoms with Crippen molar-refractivity contribution in [2.45, 2.75) is 50.7 Å². The highest BCUT2D eigenvalue weighted by Crippen LogP contribution is 2.18. The number of aromatic nitrogens is 2. The van der Waals surface area contributed by atoms with E-state index in [1.165, 1.54) is 10.1 Å². The Kier molecular flexibility index (Phi) is 4.97. The lowest BCUT2D eigenvalue weighted by molar-refractivity contribution is 0.444. The number of nitrogens with two attached hydrogens (primary N) is 2. The number of rotatable bonds is 5.